The maximum absolute atomic E-state index is 14.2. The van der Waals surface area contributed by atoms with Crippen LogP contribution in [-0.2, 0) is 0 Å². The van der Waals surface area contributed by atoms with Crippen LogP contribution in [-0.4, -0.2) is 13.2 Å². The van der Waals surface area contributed by atoms with Gasteiger partial charge in [-0.2, -0.15) is 0 Å². The molecule has 0 amide bonds. The van der Waals surface area contributed by atoms with Crippen molar-refractivity contribution in [3.63, 3.8) is 0 Å². The molecule has 2 N–H and O–H groups in total. The molecule has 0 spiro atoms. The van der Waals surface area contributed by atoms with Gasteiger partial charge in [-0.1, -0.05) is 49.9 Å². The van der Waals surface area contributed by atoms with E-state index < -0.39 is 11.6 Å². The molecule has 0 saturated heterocycles. The molecule has 0 saturated carbocycles. The zero-order valence-corrected chi connectivity index (χ0v) is 13.9. The fourth-order valence-electron chi connectivity index (χ4n) is 2.69. The Bertz CT molecular complexity index is 631. The van der Waals surface area contributed by atoms with Gasteiger partial charge in [-0.15, -0.1) is 0 Å². The molecule has 0 fully saturated rings. The van der Waals surface area contributed by atoms with Crippen LogP contribution in [0.2, 0.25) is 0 Å². The summed E-state index contributed by atoms with van der Waals surface area (Å²) >= 11 is 0. The molecule has 0 aliphatic carbocycles. The fraction of sp³-hybridized carbons (Fsp3) is 0.400. The lowest BCUT2D eigenvalue weighted by molar-refractivity contribution is 0.304. The van der Waals surface area contributed by atoms with Crippen LogP contribution in [0.1, 0.15) is 38.5 Å². The minimum absolute atomic E-state index is 0.193. The van der Waals surface area contributed by atoms with Crippen LogP contribution in [0.15, 0.2) is 42.5 Å². The molecule has 130 valence electrons. The highest BCUT2D eigenvalue weighted by Crippen LogP contribution is 2.34. The highest BCUT2D eigenvalue weighted by Gasteiger charge is 2.15. The second-order valence-corrected chi connectivity index (χ2v) is 5.85. The van der Waals surface area contributed by atoms with E-state index in [0.29, 0.717) is 12.4 Å². The van der Waals surface area contributed by atoms with Crippen LogP contribution in [0.5, 0.6) is 5.75 Å². The molecule has 0 unspecified atom stereocenters. The molecule has 0 bridgehead atoms. The van der Waals surface area contributed by atoms with E-state index in [0.717, 1.165) is 32.2 Å². The molecule has 2 rings (SSSR count). The highest BCUT2D eigenvalue weighted by atomic mass is 19.1. The Hall–Kier alpha value is -1.94. The summed E-state index contributed by atoms with van der Waals surface area (Å²) in [6.45, 7) is 1.25. The van der Waals surface area contributed by atoms with Crippen LogP contribution < -0.4 is 10.5 Å². The Morgan fingerprint density at radius 2 is 1.42 bits per heavy atom. The molecule has 24 heavy (non-hydrogen) atoms. The van der Waals surface area contributed by atoms with Crippen molar-refractivity contribution in [1.29, 1.82) is 0 Å². The average molecular weight is 333 g/mol. The zero-order chi connectivity index (χ0) is 17.2. The molecule has 0 aliphatic heterocycles. The monoisotopic (exact) mass is 333 g/mol. The van der Waals surface area contributed by atoms with Crippen molar-refractivity contribution in [2.24, 2.45) is 5.73 Å². The number of hydrogen-bond donors (Lipinski definition) is 1. The van der Waals surface area contributed by atoms with E-state index in [1.54, 1.807) is 30.3 Å². The van der Waals surface area contributed by atoms with Gasteiger partial charge in [-0.25, -0.2) is 8.78 Å². The molecular weight excluding hydrogens is 308 g/mol. The maximum atomic E-state index is 14.2. The van der Waals surface area contributed by atoms with Crippen molar-refractivity contribution >= 4 is 0 Å². The van der Waals surface area contributed by atoms with Crippen molar-refractivity contribution in [3.8, 4) is 16.9 Å². The summed E-state index contributed by atoms with van der Waals surface area (Å²) < 4.78 is 33.9. The first kappa shape index (κ1) is 18.4. The molecule has 2 aromatic carbocycles. The normalized spacial score (nSPS) is 10.8. The van der Waals surface area contributed by atoms with Crippen molar-refractivity contribution < 1.29 is 13.5 Å². The van der Waals surface area contributed by atoms with Gasteiger partial charge in [0.25, 0.3) is 0 Å². The lowest BCUT2D eigenvalue weighted by Gasteiger charge is -2.13. The van der Waals surface area contributed by atoms with Crippen LogP contribution in [0.25, 0.3) is 11.1 Å². The summed E-state index contributed by atoms with van der Waals surface area (Å²) in [7, 11) is 0. The van der Waals surface area contributed by atoms with Crippen molar-refractivity contribution in [2.45, 2.75) is 38.5 Å². The maximum Gasteiger partial charge on any atom is 0.134 e. The summed E-state index contributed by atoms with van der Waals surface area (Å²) in [5.74, 6) is -0.532. The molecular formula is C20H25F2NO. The number of unbranched alkanes of at least 4 members (excludes halogenated alkanes) is 5. The number of benzene rings is 2. The standard InChI is InChI=1S/C20H25F2NO/c21-17-11-6-5-10-16(17)20-18(22)12-9-13-19(20)24-15-8-4-2-1-3-7-14-23/h5-6,9-13H,1-4,7-8,14-15,23H2. The van der Waals surface area contributed by atoms with Crippen LogP contribution in [0.3, 0.4) is 0 Å². The lowest BCUT2D eigenvalue weighted by Crippen LogP contribution is -2.01. The van der Waals surface area contributed by atoms with E-state index >= 15 is 0 Å². The minimum atomic E-state index is -0.473. The molecule has 0 aliphatic rings. The van der Waals surface area contributed by atoms with Gasteiger partial charge >= 0.3 is 0 Å². The van der Waals surface area contributed by atoms with E-state index in [1.807, 2.05) is 0 Å². The van der Waals surface area contributed by atoms with E-state index in [1.165, 1.54) is 25.0 Å². The van der Waals surface area contributed by atoms with Crippen molar-refractivity contribution in [1.82, 2.24) is 0 Å². The highest BCUT2D eigenvalue weighted by molar-refractivity contribution is 5.71. The van der Waals surface area contributed by atoms with Gasteiger partial charge in [-0.05, 0) is 37.6 Å². The van der Waals surface area contributed by atoms with Gasteiger partial charge in [0, 0.05) is 5.56 Å². The third-order valence-corrected chi connectivity index (χ3v) is 3.97. The van der Waals surface area contributed by atoms with E-state index in [4.69, 9.17) is 10.5 Å². The third-order valence-electron chi connectivity index (χ3n) is 3.97. The average Bonchev–Trinajstić information content (AvgIpc) is 2.58. The van der Waals surface area contributed by atoms with Gasteiger partial charge in [0.1, 0.15) is 17.4 Å². The number of ether oxygens (including phenoxy) is 1. The van der Waals surface area contributed by atoms with Crippen LogP contribution >= 0.6 is 0 Å². The molecule has 0 heterocycles. The van der Waals surface area contributed by atoms with Crippen LogP contribution in [0.4, 0.5) is 8.78 Å². The summed E-state index contributed by atoms with van der Waals surface area (Å²) in [4.78, 5) is 0. The second kappa shape index (κ2) is 10.0. The summed E-state index contributed by atoms with van der Waals surface area (Å²) in [6.07, 6.45) is 6.53. The smallest absolute Gasteiger partial charge is 0.134 e. The van der Waals surface area contributed by atoms with Gasteiger partial charge < -0.3 is 10.5 Å². The first-order valence-corrected chi connectivity index (χ1v) is 8.60. The van der Waals surface area contributed by atoms with Gasteiger partial charge in [0.2, 0.25) is 0 Å². The molecule has 2 aromatic rings. The quantitative estimate of drug-likeness (QED) is 0.598. The fourth-order valence-corrected chi connectivity index (χ4v) is 2.69. The van der Waals surface area contributed by atoms with Gasteiger partial charge in [0.15, 0.2) is 0 Å². The molecule has 0 atom stereocenters. The largest absolute Gasteiger partial charge is 0.493 e. The van der Waals surface area contributed by atoms with E-state index in [-0.39, 0.29) is 11.1 Å². The Morgan fingerprint density at radius 1 is 0.750 bits per heavy atom. The SMILES string of the molecule is NCCCCCCCCOc1cccc(F)c1-c1ccccc1F. The van der Waals surface area contributed by atoms with Gasteiger partial charge in [-0.3, -0.25) is 0 Å². The molecule has 0 aromatic heterocycles. The third kappa shape index (κ3) is 5.31. The first-order chi connectivity index (χ1) is 11.7. The Morgan fingerprint density at radius 3 is 2.17 bits per heavy atom. The second-order valence-electron chi connectivity index (χ2n) is 5.85. The Labute approximate surface area is 142 Å². The zero-order valence-electron chi connectivity index (χ0n) is 13.9. The minimum Gasteiger partial charge on any atom is -0.493 e. The van der Waals surface area contributed by atoms with Gasteiger partial charge in [0.05, 0.1) is 12.2 Å². The Balaban J connectivity index is 1.92. The summed E-state index contributed by atoms with van der Waals surface area (Å²) in [5.41, 5.74) is 5.89. The Kier molecular flexibility index (Phi) is 7.69. The van der Waals surface area contributed by atoms with Crippen molar-refractivity contribution in [2.75, 3.05) is 13.2 Å². The predicted octanol–water partition coefficient (Wildman–Crippen LogP) is 5.31. The van der Waals surface area contributed by atoms with E-state index in [2.05, 4.69) is 0 Å². The topological polar surface area (TPSA) is 35.2 Å². The number of nitrogens with two attached hydrogens (primary N) is 1. The lowest BCUT2D eigenvalue weighted by atomic mass is 10.0. The predicted molar refractivity (Wildman–Crippen MR) is 94.0 cm³/mol. The number of hydrogen-bond acceptors (Lipinski definition) is 2. The molecule has 0 radical (unpaired) electrons. The van der Waals surface area contributed by atoms with Crippen LogP contribution in [0, 0.1) is 11.6 Å². The molecule has 2 nitrogen and oxygen atoms in total. The first-order valence-electron chi connectivity index (χ1n) is 8.60. The molecule has 4 heteroatoms. The summed E-state index contributed by atoms with van der Waals surface area (Å²) in [6, 6.07) is 10.8. The number of rotatable bonds is 10. The summed E-state index contributed by atoms with van der Waals surface area (Å²) in [5, 5.41) is 0. The van der Waals surface area contributed by atoms with E-state index in [9.17, 15) is 8.78 Å². The van der Waals surface area contributed by atoms with Crippen molar-refractivity contribution in [3.05, 3.63) is 54.1 Å². The number of halogens is 2.